The average molecular weight is 365 g/mol. The first kappa shape index (κ1) is 18.2. The van der Waals surface area contributed by atoms with E-state index in [1.54, 1.807) is 7.11 Å². The van der Waals surface area contributed by atoms with Crippen LogP contribution in [-0.2, 0) is 6.54 Å². The lowest BCUT2D eigenvalue weighted by atomic mass is 10.1. The molecule has 0 aromatic heterocycles. The molecule has 3 rings (SSSR count). The molecule has 0 amide bonds. The number of anilines is 1. The quantitative estimate of drug-likeness (QED) is 0.636. The van der Waals surface area contributed by atoms with Gasteiger partial charge in [0.25, 0.3) is 0 Å². The number of nitrogens with one attached hydrogen (secondary N) is 1. The van der Waals surface area contributed by atoms with E-state index >= 15 is 0 Å². The molecule has 0 atom stereocenters. The number of rotatable bonds is 4. The Bertz CT molecular complexity index is 952. The zero-order chi connectivity index (χ0) is 18.7. The van der Waals surface area contributed by atoms with Gasteiger partial charge in [-0.3, -0.25) is 0 Å². The van der Waals surface area contributed by atoms with Gasteiger partial charge in [-0.15, -0.1) is 0 Å². The molecular weight excluding hydrogens is 340 g/mol. The van der Waals surface area contributed by atoms with Crippen LogP contribution >= 0.6 is 12.2 Å². The van der Waals surface area contributed by atoms with Gasteiger partial charge in [0, 0.05) is 19.3 Å². The Kier molecular flexibility index (Phi) is 5.43. The summed E-state index contributed by atoms with van der Waals surface area (Å²) in [5.41, 5.74) is 4.76. The van der Waals surface area contributed by atoms with Gasteiger partial charge in [0.1, 0.15) is 5.75 Å². The van der Waals surface area contributed by atoms with Crippen LogP contribution in [0.25, 0.3) is 10.8 Å². The van der Waals surface area contributed by atoms with Crippen LogP contribution < -0.4 is 10.1 Å². The van der Waals surface area contributed by atoms with Crippen molar-refractivity contribution in [2.24, 2.45) is 0 Å². The van der Waals surface area contributed by atoms with E-state index in [4.69, 9.17) is 17.0 Å². The number of methoxy groups -OCH3 is 1. The average Bonchev–Trinajstić information content (AvgIpc) is 2.64. The largest absolute Gasteiger partial charge is 0.497 e. The van der Waals surface area contributed by atoms with Crippen LogP contribution in [0.4, 0.5) is 5.69 Å². The number of benzene rings is 3. The second-order valence-corrected chi connectivity index (χ2v) is 6.97. The molecule has 0 unspecified atom stereocenters. The molecule has 4 heteroatoms. The van der Waals surface area contributed by atoms with Crippen molar-refractivity contribution in [3.8, 4) is 5.75 Å². The minimum absolute atomic E-state index is 0.716. The van der Waals surface area contributed by atoms with Gasteiger partial charge in [-0.1, -0.05) is 30.3 Å². The van der Waals surface area contributed by atoms with Crippen molar-refractivity contribution in [2.75, 3.05) is 19.5 Å². The summed E-state index contributed by atoms with van der Waals surface area (Å²) >= 11 is 5.59. The van der Waals surface area contributed by atoms with Crippen LogP contribution in [0.3, 0.4) is 0 Å². The molecule has 0 aliphatic rings. The molecule has 3 nitrogen and oxygen atoms in total. The number of aryl methyl sites for hydroxylation is 1. The normalized spacial score (nSPS) is 10.6. The SMILES string of the molecule is COc1ccc2cc(CN(C)C(=S)Nc3cccc(C)c3C)ccc2c1. The van der Waals surface area contributed by atoms with E-state index in [-0.39, 0.29) is 0 Å². The van der Waals surface area contributed by atoms with Crippen LogP contribution in [-0.4, -0.2) is 24.2 Å². The van der Waals surface area contributed by atoms with E-state index in [9.17, 15) is 0 Å². The molecule has 0 fully saturated rings. The maximum absolute atomic E-state index is 5.59. The maximum Gasteiger partial charge on any atom is 0.173 e. The number of fused-ring (bicyclic) bond motifs is 1. The Hall–Kier alpha value is -2.59. The van der Waals surface area contributed by atoms with Gasteiger partial charge in [0.15, 0.2) is 5.11 Å². The van der Waals surface area contributed by atoms with Crippen LogP contribution in [0, 0.1) is 13.8 Å². The Morgan fingerprint density at radius 3 is 2.54 bits per heavy atom. The Balaban J connectivity index is 1.72. The van der Waals surface area contributed by atoms with Crippen molar-refractivity contribution >= 4 is 33.8 Å². The van der Waals surface area contributed by atoms with Gasteiger partial charge in [0.05, 0.1) is 7.11 Å². The van der Waals surface area contributed by atoms with Crippen LogP contribution in [0.15, 0.2) is 54.6 Å². The third-order valence-electron chi connectivity index (χ3n) is 4.72. The molecule has 1 N–H and O–H groups in total. The lowest BCUT2D eigenvalue weighted by molar-refractivity contribution is 0.415. The highest BCUT2D eigenvalue weighted by Gasteiger charge is 2.09. The molecule has 134 valence electrons. The summed E-state index contributed by atoms with van der Waals surface area (Å²) in [5, 5.41) is 6.45. The number of hydrogen-bond acceptors (Lipinski definition) is 2. The zero-order valence-electron chi connectivity index (χ0n) is 15.7. The molecule has 26 heavy (non-hydrogen) atoms. The third kappa shape index (κ3) is 3.97. The topological polar surface area (TPSA) is 24.5 Å². The van der Waals surface area contributed by atoms with E-state index in [1.807, 2.05) is 19.2 Å². The summed E-state index contributed by atoms with van der Waals surface area (Å²) in [6.07, 6.45) is 0. The van der Waals surface area contributed by atoms with E-state index in [0.29, 0.717) is 5.11 Å². The highest BCUT2D eigenvalue weighted by atomic mass is 32.1. The van der Waals surface area contributed by atoms with Crippen molar-refractivity contribution in [1.29, 1.82) is 0 Å². The fourth-order valence-corrected chi connectivity index (χ4v) is 3.12. The summed E-state index contributed by atoms with van der Waals surface area (Å²) in [5.74, 6) is 0.876. The van der Waals surface area contributed by atoms with Crippen molar-refractivity contribution in [3.63, 3.8) is 0 Å². The number of nitrogens with zero attached hydrogens (tertiary/aromatic N) is 1. The predicted molar refractivity (Wildman–Crippen MR) is 114 cm³/mol. The summed E-state index contributed by atoms with van der Waals surface area (Å²) < 4.78 is 5.29. The highest BCUT2D eigenvalue weighted by molar-refractivity contribution is 7.80. The van der Waals surface area contributed by atoms with Gasteiger partial charge in [0.2, 0.25) is 0 Å². The van der Waals surface area contributed by atoms with Gasteiger partial charge in [-0.25, -0.2) is 0 Å². The lowest BCUT2D eigenvalue weighted by Crippen LogP contribution is -2.30. The maximum atomic E-state index is 5.59. The Morgan fingerprint density at radius 1 is 1.04 bits per heavy atom. The molecule has 3 aromatic rings. The zero-order valence-corrected chi connectivity index (χ0v) is 16.5. The first-order valence-electron chi connectivity index (χ1n) is 8.63. The lowest BCUT2D eigenvalue weighted by Gasteiger charge is -2.22. The number of thiocarbonyl (C=S) groups is 1. The molecule has 0 saturated carbocycles. The van der Waals surface area contributed by atoms with Gasteiger partial charge in [-0.05, 0) is 77.8 Å². The first-order chi connectivity index (χ1) is 12.5. The second kappa shape index (κ2) is 7.75. The highest BCUT2D eigenvalue weighted by Crippen LogP contribution is 2.23. The Labute approximate surface area is 160 Å². The molecule has 0 saturated heterocycles. The summed E-state index contributed by atoms with van der Waals surface area (Å²) in [6, 6.07) is 18.8. The molecule has 0 aliphatic heterocycles. The monoisotopic (exact) mass is 364 g/mol. The van der Waals surface area contributed by atoms with Gasteiger partial charge >= 0.3 is 0 Å². The molecular formula is C22H24N2OS. The minimum atomic E-state index is 0.716. The minimum Gasteiger partial charge on any atom is -0.497 e. The molecule has 0 bridgehead atoms. The van der Waals surface area contributed by atoms with Crippen LogP contribution in [0.1, 0.15) is 16.7 Å². The van der Waals surface area contributed by atoms with E-state index in [0.717, 1.165) is 18.0 Å². The fraction of sp³-hybridized carbons (Fsp3) is 0.227. The predicted octanol–water partition coefficient (Wildman–Crippen LogP) is 5.29. The third-order valence-corrected chi connectivity index (χ3v) is 5.14. The first-order valence-corrected chi connectivity index (χ1v) is 9.04. The van der Waals surface area contributed by atoms with Gasteiger partial charge < -0.3 is 15.0 Å². The van der Waals surface area contributed by atoms with E-state index < -0.39 is 0 Å². The van der Waals surface area contributed by atoms with Crippen molar-refractivity contribution in [1.82, 2.24) is 4.90 Å². The van der Waals surface area contributed by atoms with E-state index in [2.05, 4.69) is 66.5 Å². The fourth-order valence-electron chi connectivity index (χ4n) is 2.94. The molecule has 0 aliphatic carbocycles. The molecule has 3 aromatic carbocycles. The van der Waals surface area contributed by atoms with Crippen LogP contribution in [0.5, 0.6) is 5.75 Å². The standard InChI is InChI=1S/C22H24N2OS/c1-15-6-5-7-21(16(15)2)23-22(26)24(3)14-17-8-9-19-13-20(25-4)11-10-18(19)12-17/h5-13H,14H2,1-4H3,(H,23,26). The second-order valence-electron chi connectivity index (χ2n) is 6.58. The summed E-state index contributed by atoms with van der Waals surface area (Å²) in [4.78, 5) is 2.06. The van der Waals surface area contributed by atoms with Gasteiger partial charge in [-0.2, -0.15) is 0 Å². The van der Waals surface area contributed by atoms with Crippen molar-refractivity contribution < 1.29 is 4.74 Å². The summed E-state index contributed by atoms with van der Waals surface area (Å²) in [7, 11) is 3.70. The molecule has 0 spiro atoms. The molecule has 0 radical (unpaired) electrons. The molecule has 0 heterocycles. The Morgan fingerprint density at radius 2 is 1.77 bits per heavy atom. The van der Waals surface area contributed by atoms with Crippen molar-refractivity contribution in [3.05, 3.63) is 71.3 Å². The number of hydrogen-bond donors (Lipinski definition) is 1. The van der Waals surface area contributed by atoms with E-state index in [1.165, 1.54) is 27.5 Å². The van der Waals surface area contributed by atoms with Crippen molar-refractivity contribution in [2.45, 2.75) is 20.4 Å². The number of ether oxygens (including phenoxy) is 1. The summed E-state index contributed by atoms with van der Waals surface area (Å²) in [6.45, 7) is 4.97. The van der Waals surface area contributed by atoms with Crippen LogP contribution in [0.2, 0.25) is 0 Å². The smallest absolute Gasteiger partial charge is 0.173 e.